The third kappa shape index (κ3) is 6.67. The molecule has 1 atom stereocenters. The predicted molar refractivity (Wildman–Crippen MR) is 179 cm³/mol. The topological polar surface area (TPSA) is 57.7 Å². The van der Waals surface area contributed by atoms with E-state index in [2.05, 4.69) is 53.2 Å². The maximum Gasteiger partial charge on any atom is 0.252 e. The molecule has 1 N–H and O–H groups in total. The predicted octanol–water partition coefficient (Wildman–Crippen LogP) is 7.49. The van der Waals surface area contributed by atoms with Crippen LogP contribution in [0.3, 0.4) is 0 Å². The highest BCUT2D eigenvalue weighted by Crippen LogP contribution is 2.35. The van der Waals surface area contributed by atoms with E-state index in [0.29, 0.717) is 12.6 Å². The van der Waals surface area contributed by atoms with Crippen LogP contribution in [0.2, 0.25) is 0 Å². The lowest BCUT2D eigenvalue weighted by molar-refractivity contribution is 0.0880. The van der Waals surface area contributed by atoms with Crippen molar-refractivity contribution < 1.29 is 9.53 Å². The summed E-state index contributed by atoms with van der Waals surface area (Å²) in [6.07, 6.45) is 6.36. The van der Waals surface area contributed by atoms with Gasteiger partial charge in [0.1, 0.15) is 5.75 Å². The van der Waals surface area contributed by atoms with Gasteiger partial charge in [-0.15, -0.1) is 0 Å². The zero-order chi connectivity index (χ0) is 30.5. The summed E-state index contributed by atoms with van der Waals surface area (Å²) in [5.74, 6) is 0.896. The molecule has 6 nitrogen and oxygen atoms in total. The van der Waals surface area contributed by atoms with Crippen LogP contribution in [0.15, 0.2) is 78.9 Å². The number of hydrogen-bond donors (Lipinski definition) is 1. The third-order valence-corrected chi connectivity index (χ3v) is 9.53. The van der Waals surface area contributed by atoms with Crippen molar-refractivity contribution in [2.45, 2.75) is 64.6 Å². The Hall–Kier alpha value is -3.74. The molecule has 44 heavy (non-hydrogen) atoms. The number of aromatic nitrogens is 1. The number of fused-ring (bicyclic) bond motifs is 1. The summed E-state index contributed by atoms with van der Waals surface area (Å²) in [6.45, 7) is 9.54. The number of benzene rings is 3. The van der Waals surface area contributed by atoms with Crippen LogP contribution in [-0.2, 0) is 6.54 Å². The molecule has 2 aliphatic rings. The molecule has 0 aliphatic carbocycles. The summed E-state index contributed by atoms with van der Waals surface area (Å²) in [4.78, 5) is 25.1. The Bertz CT molecular complexity index is 1540. The molecule has 0 spiro atoms. The molecule has 0 saturated carbocycles. The van der Waals surface area contributed by atoms with Gasteiger partial charge >= 0.3 is 0 Å². The first-order valence-electron chi connectivity index (χ1n) is 16.4. The number of hydrogen-bond acceptors (Lipinski definition) is 5. The molecule has 2 saturated heterocycles. The Kier molecular flexibility index (Phi) is 9.58. The summed E-state index contributed by atoms with van der Waals surface area (Å²) in [7, 11) is 1.67. The number of pyridine rings is 1. The maximum absolute atomic E-state index is 14.6. The maximum atomic E-state index is 14.6. The van der Waals surface area contributed by atoms with Crippen LogP contribution in [0, 0.1) is 5.92 Å². The van der Waals surface area contributed by atoms with E-state index in [-0.39, 0.29) is 17.9 Å². The van der Waals surface area contributed by atoms with Crippen molar-refractivity contribution >= 4 is 16.8 Å². The molecule has 1 amide bonds. The second-order valence-electron chi connectivity index (χ2n) is 12.8. The Morgan fingerprint density at radius 3 is 2.25 bits per heavy atom. The van der Waals surface area contributed by atoms with Crippen molar-refractivity contribution in [1.82, 2.24) is 20.1 Å². The minimum atomic E-state index is -0.113. The van der Waals surface area contributed by atoms with Crippen LogP contribution in [0.25, 0.3) is 22.2 Å². The number of nitrogens with zero attached hydrogens (tertiary/aromatic N) is 3. The van der Waals surface area contributed by atoms with Gasteiger partial charge in [-0.3, -0.25) is 9.69 Å². The fourth-order valence-electron chi connectivity index (χ4n) is 7.12. The number of carbonyl (C=O) groups is 1. The highest BCUT2D eigenvalue weighted by Gasteiger charge is 2.30. The first-order chi connectivity index (χ1) is 21.5. The molecular formula is C38H46N4O2. The number of carbonyl (C=O) groups excluding carboxylic acids is 1. The number of nitrogens with one attached hydrogen (secondary N) is 1. The summed E-state index contributed by atoms with van der Waals surface area (Å²) >= 11 is 0. The van der Waals surface area contributed by atoms with Crippen molar-refractivity contribution in [3.8, 4) is 17.0 Å². The Balaban J connectivity index is 1.41. The molecule has 0 unspecified atom stereocenters. The monoisotopic (exact) mass is 590 g/mol. The lowest BCUT2D eigenvalue weighted by Crippen LogP contribution is -2.46. The second-order valence-corrected chi connectivity index (χ2v) is 12.8. The van der Waals surface area contributed by atoms with Gasteiger partial charge in [0.25, 0.3) is 5.91 Å². The van der Waals surface area contributed by atoms with Gasteiger partial charge in [0.05, 0.1) is 29.9 Å². The first-order valence-corrected chi connectivity index (χ1v) is 16.4. The zero-order valence-corrected chi connectivity index (χ0v) is 26.5. The standard InChI is InChI=1S/C38H46N4O2/c1-27(2)36(28-13-7-4-8-14-28)40-38(43)35-32-18-17-31(44-3)25-34(32)39-37(29-15-9-5-10-16-29)33(35)26-41-23-19-30(20-24-41)42-21-11-6-12-22-42/h4-5,7-10,13-18,25,27,30,36H,6,11-12,19-24,26H2,1-3H3,(H,40,43)/t36-/m0/s1. The van der Waals surface area contributed by atoms with Crippen LogP contribution in [0.1, 0.15) is 73.5 Å². The van der Waals surface area contributed by atoms with Crippen molar-refractivity contribution in [2.75, 3.05) is 33.3 Å². The molecule has 2 fully saturated rings. The zero-order valence-electron chi connectivity index (χ0n) is 26.5. The lowest BCUT2D eigenvalue weighted by Gasteiger charge is -2.40. The highest BCUT2D eigenvalue weighted by atomic mass is 16.5. The SMILES string of the molecule is COc1ccc2c(C(=O)N[C@H](c3ccccc3)C(C)C)c(CN3CCC(N4CCCCC4)CC3)c(-c3ccccc3)nc2c1. The molecule has 3 heterocycles. The quantitative estimate of drug-likeness (QED) is 0.219. The number of amides is 1. The first kappa shape index (κ1) is 30.3. The van der Waals surface area contributed by atoms with Gasteiger partial charge in [-0.25, -0.2) is 4.98 Å². The molecule has 6 rings (SSSR count). The molecule has 2 aliphatic heterocycles. The minimum absolute atomic E-state index is 0.0551. The molecule has 230 valence electrons. The summed E-state index contributed by atoms with van der Waals surface area (Å²) < 4.78 is 5.58. The fraction of sp³-hybridized carbons (Fsp3) is 0.421. The van der Waals surface area contributed by atoms with Crippen LogP contribution in [0.4, 0.5) is 0 Å². The fourth-order valence-corrected chi connectivity index (χ4v) is 7.12. The van der Waals surface area contributed by atoms with Crippen LogP contribution >= 0.6 is 0 Å². The number of piperidine rings is 2. The summed E-state index contributed by atoms with van der Waals surface area (Å²) in [6, 6.07) is 27.1. The average Bonchev–Trinajstić information content (AvgIpc) is 3.08. The van der Waals surface area contributed by atoms with E-state index < -0.39 is 0 Å². The van der Waals surface area contributed by atoms with Crippen molar-refractivity contribution in [1.29, 1.82) is 0 Å². The van der Waals surface area contributed by atoms with E-state index >= 15 is 0 Å². The van der Waals surface area contributed by atoms with Crippen molar-refractivity contribution in [3.05, 3.63) is 95.6 Å². The number of likely N-dealkylation sites (tertiary alicyclic amines) is 2. The highest BCUT2D eigenvalue weighted by molar-refractivity contribution is 6.09. The summed E-state index contributed by atoms with van der Waals surface area (Å²) in [5.41, 5.74) is 5.49. The van der Waals surface area contributed by atoms with E-state index in [1.54, 1.807) is 7.11 Å². The van der Waals surface area contributed by atoms with Gasteiger partial charge in [0, 0.05) is 35.2 Å². The molecule has 4 aromatic rings. The largest absolute Gasteiger partial charge is 0.497 e. The van der Waals surface area contributed by atoms with Crippen LogP contribution in [0.5, 0.6) is 5.75 Å². The Morgan fingerprint density at radius 1 is 0.909 bits per heavy atom. The average molecular weight is 591 g/mol. The van der Waals surface area contributed by atoms with Crippen molar-refractivity contribution in [3.63, 3.8) is 0 Å². The number of methoxy groups -OCH3 is 1. The van der Waals surface area contributed by atoms with Crippen LogP contribution < -0.4 is 10.1 Å². The minimum Gasteiger partial charge on any atom is -0.497 e. The molecule has 3 aromatic carbocycles. The van der Waals surface area contributed by atoms with Gasteiger partial charge < -0.3 is 15.0 Å². The third-order valence-electron chi connectivity index (χ3n) is 9.53. The molecular weight excluding hydrogens is 544 g/mol. The van der Waals surface area contributed by atoms with Gasteiger partial charge in [-0.1, -0.05) is 80.9 Å². The normalized spacial score (nSPS) is 17.5. The molecule has 0 radical (unpaired) electrons. The van der Waals surface area contributed by atoms with E-state index in [4.69, 9.17) is 9.72 Å². The number of rotatable bonds is 9. The van der Waals surface area contributed by atoms with Crippen molar-refractivity contribution in [2.24, 2.45) is 5.92 Å². The van der Waals surface area contributed by atoms with Gasteiger partial charge in [0.2, 0.25) is 0 Å². The molecule has 0 bridgehead atoms. The van der Waals surface area contributed by atoms with Gasteiger partial charge in [-0.2, -0.15) is 0 Å². The second kappa shape index (κ2) is 13.9. The van der Waals surface area contributed by atoms with E-state index in [1.807, 2.05) is 54.6 Å². The lowest BCUT2D eigenvalue weighted by atomic mass is 9.92. The van der Waals surface area contributed by atoms with Crippen LogP contribution in [-0.4, -0.2) is 60.0 Å². The smallest absolute Gasteiger partial charge is 0.252 e. The van der Waals surface area contributed by atoms with E-state index in [9.17, 15) is 4.79 Å². The van der Waals surface area contributed by atoms with E-state index in [0.717, 1.165) is 57.7 Å². The Labute approximate surface area is 262 Å². The number of ether oxygens (including phenoxy) is 1. The van der Waals surface area contributed by atoms with Gasteiger partial charge in [-0.05, 0) is 75.5 Å². The summed E-state index contributed by atoms with van der Waals surface area (Å²) in [5, 5.41) is 4.31. The Morgan fingerprint density at radius 2 is 1.59 bits per heavy atom. The van der Waals surface area contributed by atoms with E-state index in [1.165, 1.54) is 45.2 Å². The molecule has 1 aromatic heterocycles. The molecule has 6 heteroatoms. The van der Waals surface area contributed by atoms with Gasteiger partial charge in [0.15, 0.2) is 0 Å².